The van der Waals surface area contributed by atoms with Crippen LogP contribution >= 0.6 is 11.3 Å². The summed E-state index contributed by atoms with van der Waals surface area (Å²) < 4.78 is 0. The predicted molar refractivity (Wildman–Crippen MR) is 129 cm³/mol. The second kappa shape index (κ2) is 8.52. The van der Waals surface area contributed by atoms with Crippen molar-refractivity contribution >= 4 is 46.2 Å². The van der Waals surface area contributed by atoms with Crippen LogP contribution in [-0.4, -0.2) is 23.4 Å². The molecular weight excluding hydrogens is 436 g/mol. The minimum absolute atomic E-state index is 0.134. The Hall–Kier alpha value is -3.96. The number of urea groups is 1. The van der Waals surface area contributed by atoms with E-state index in [-0.39, 0.29) is 11.8 Å². The average Bonchev–Trinajstić information content (AvgIpc) is 3.39. The van der Waals surface area contributed by atoms with Crippen LogP contribution in [0.2, 0.25) is 0 Å². The molecule has 1 aliphatic rings. The Morgan fingerprint density at radius 3 is 2.39 bits per heavy atom. The van der Waals surface area contributed by atoms with Gasteiger partial charge in [-0.15, -0.1) is 11.3 Å². The van der Waals surface area contributed by atoms with Crippen molar-refractivity contribution in [2.24, 2.45) is 0 Å². The van der Waals surface area contributed by atoms with Gasteiger partial charge in [-0.2, -0.15) is 0 Å². The van der Waals surface area contributed by atoms with Crippen LogP contribution in [0.3, 0.4) is 0 Å². The molecule has 1 saturated heterocycles. The normalized spacial score (nSPS) is 15.0. The van der Waals surface area contributed by atoms with Crippen molar-refractivity contribution in [3.63, 3.8) is 0 Å². The lowest BCUT2D eigenvalue weighted by atomic mass is 10.0. The molecule has 0 bridgehead atoms. The highest BCUT2D eigenvalue weighted by molar-refractivity contribution is 7.12. The van der Waals surface area contributed by atoms with Gasteiger partial charge in [-0.1, -0.05) is 24.3 Å². The zero-order valence-corrected chi connectivity index (χ0v) is 19.3. The van der Waals surface area contributed by atoms with Gasteiger partial charge < -0.3 is 5.32 Å². The Morgan fingerprint density at radius 2 is 1.79 bits per heavy atom. The molecule has 1 N–H and O–H groups in total. The summed E-state index contributed by atoms with van der Waals surface area (Å²) in [4.78, 5) is 45.4. The van der Waals surface area contributed by atoms with Crippen LogP contribution in [0.1, 0.15) is 34.6 Å². The highest BCUT2D eigenvalue weighted by atomic mass is 32.1. The van der Waals surface area contributed by atoms with Crippen molar-refractivity contribution in [3.8, 4) is 0 Å². The summed E-state index contributed by atoms with van der Waals surface area (Å²) in [6, 6.07) is 15.3. The van der Waals surface area contributed by atoms with Crippen LogP contribution in [-0.2, 0) is 11.3 Å². The smallest absolute Gasteiger partial charge is 0.336 e. The van der Waals surface area contributed by atoms with Gasteiger partial charge in [0.15, 0.2) is 5.69 Å². The molecule has 4 amide bonds. The van der Waals surface area contributed by atoms with Crippen LogP contribution in [0.15, 0.2) is 60.0 Å². The molecule has 1 aliphatic heterocycles. The summed E-state index contributed by atoms with van der Waals surface area (Å²) in [6.45, 7) is 12.8. The number of hydrogen-bond donors (Lipinski definition) is 1. The fraction of sp³-hybridized carbons (Fsp3) is 0.200. The number of imide groups is 1. The number of rotatable bonds is 5. The van der Waals surface area contributed by atoms with E-state index in [9.17, 15) is 14.4 Å². The first-order chi connectivity index (χ1) is 15.7. The van der Waals surface area contributed by atoms with E-state index in [2.05, 4.69) is 10.2 Å². The van der Waals surface area contributed by atoms with E-state index in [1.165, 1.54) is 16.2 Å². The summed E-state index contributed by atoms with van der Waals surface area (Å²) in [6.07, 6.45) is 0. The van der Waals surface area contributed by atoms with Crippen LogP contribution in [0.4, 0.5) is 21.9 Å². The molecule has 0 aliphatic carbocycles. The Balaban J connectivity index is 1.55. The lowest BCUT2D eigenvalue weighted by molar-refractivity contribution is -0.120. The maximum Gasteiger partial charge on any atom is 0.336 e. The number of nitrogens with one attached hydrogen (secondary N) is 1. The molecular formula is C25H22N4O3S. The van der Waals surface area contributed by atoms with E-state index >= 15 is 0 Å². The Labute approximate surface area is 196 Å². The molecule has 0 unspecified atom stereocenters. The zero-order chi connectivity index (χ0) is 23.8. The Bertz CT molecular complexity index is 1270. The maximum atomic E-state index is 13.3. The molecule has 2 aromatic carbocycles. The van der Waals surface area contributed by atoms with Crippen LogP contribution in [0.25, 0.3) is 4.85 Å². The number of aryl methyl sites for hydroxylation is 1. The molecule has 0 radical (unpaired) electrons. The predicted octanol–water partition coefficient (Wildman–Crippen LogP) is 5.29. The summed E-state index contributed by atoms with van der Waals surface area (Å²) in [5.74, 6) is -0.472. The van der Waals surface area contributed by atoms with Crippen molar-refractivity contribution < 1.29 is 14.4 Å². The van der Waals surface area contributed by atoms with Crippen molar-refractivity contribution in [2.75, 3.05) is 9.80 Å². The molecule has 2 heterocycles. The molecule has 7 nitrogen and oxygen atoms in total. The van der Waals surface area contributed by atoms with E-state index in [0.717, 1.165) is 10.5 Å². The topological polar surface area (TPSA) is 74.1 Å². The van der Waals surface area contributed by atoms with Gasteiger partial charge in [0, 0.05) is 12.2 Å². The third-order valence-corrected chi connectivity index (χ3v) is 6.49. The second-order valence-electron chi connectivity index (χ2n) is 8.23. The second-order valence-corrected chi connectivity index (χ2v) is 9.17. The maximum absolute atomic E-state index is 13.3. The van der Waals surface area contributed by atoms with Gasteiger partial charge in [0.2, 0.25) is 0 Å². The number of anilines is 2. The Morgan fingerprint density at radius 1 is 1.09 bits per heavy atom. The molecule has 1 aromatic heterocycles. The lowest BCUT2D eigenvalue weighted by Crippen LogP contribution is -2.44. The van der Waals surface area contributed by atoms with Crippen LogP contribution < -0.4 is 15.1 Å². The first-order valence-corrected chi connectivity index (χ1v) is 11.2. The van der Waals surface area contributed by atoms with Gasteiger partial charge in [-0.25, -0.2) is 14.5 Å². The fourth-order valence-electron chi connectivity index (χ4n) is 3.80. The lowest BCUT2D eigenvalue weighted by Gasteiger charge is -2.27. The molecule has 33 heavy (non-hydrogen) atoms. The average molecular weight is 459 g/mol. The quantitative estimate of drug-likeness (QED) is 0.417. The largest absolute Gasteiger partial charge is 0.347 e. The van der Waals surface area contributed by atoms with Crippen molar-refractivity contribution in [1.82, 2.24) is 5.32 Å². The summed E-state index contributed by atoms with van der Waals surface area (Å²) in [7, 11) is 0. The number of carbonyl (C=O) groups is 3. The van der Waals surface area contributed by atoms with E-state index in [4.69, 9.17) is 6.57 Å². The summed E-state index contributed by atoms with van der Waals surface area (Å²) in [5, 5.41) is 4.72. The molecule has 0 atom stereocenters. The van der Waals surface area contributed by atoms with Gasteiger partial charge in [-0.05, 0) is 67.6 Å². The number of nitrogens with zero attached hydrogens (tertiary/aromatic N) is 3. The van der Waals surface area contributed by atoms with Gasteiger partial charge in [-0.3, -0.25) is 14.5 Å². The number of hydrogen-bond acceptors (Lipinski definition) is 4. The fourth-order valence-corrected chi connectivity index (χ4v) is 4.44. The summed E-state index contributed by atoms with van der Waals surface area (Å²) >= 11 is 1.38. The molecule has 0 saturated carbocycles. The standard InChI is InChI=1S/C25H22N4O3S/c1-16-14-19(11-12-20(16)26-4)28-23(31)25(2,3)29(24(28)32)18-9-7-17(8-10-18)15-27-22(30)21-6-5-13-33-21/h5-14H,15H2,1-3H3,(H,27,30). The third-order valence-electron chi connectivity index (χ3n) is 5.62. The first kappa shape index (κ1) is 22.2. The van der Waals surface area contributed by atoms with Gasteiger partial charge >= 0.3 is 6.03 Å². The van der Waals surface area contributed by atoms with Gasteiger partial charge in [0.25, 0.3) is 11.8 Å². The van der Waals surface area contributed by atoms with Crippen molar-refractivity contribution in [3.05, 3.63) is 87.4 Å². The third kappa shape index (κ3) is 3.99. The number of benzene rings is 2. The Kier molecular flexibility index (Phi) is 5.75. The molecule has 1 fully saturated rings. The first-order valence-electron chi connectivity index (χ1n) is 10.3. The van der Waals surface area contributed by atoms with E-state index in [0.29, 0.717) is 34.0 Å². The minimum Gasteiger partial charge on any atom is -0.347 e. The van der Waals surface area contributed by atoms with E-state index in [1.54, 1.807) is 57.2 Å². The van der Waals surface area contributed by atoms with Crippen molar-refractivity contribution in [1.29, 1.82) is 0 Å². The molecule has 0 spiro atoms. The molecule has 166 valence electrons. The van der Waals surface area contributed by atoms with Crippen molar-refractivity contribution in [2.45, 2.75) is 32.9 Å². The minimum atomic E-state index is -1.08. The number of carbonyl (C=O) groups excluding carboxylic acids is 3. The van der Waals surface area contributed by atoms with E-state index < -0.39 is 11.6 Å². The highest BCUT2D eigenvalue weighted by Crippen LogP contribution is 2.37. The summed E-state index contributed by atoms with van der Waals surface area (Å²) in [5.41, 5.74) is 2.01. The molecule has 4 rings (SSSR count). The number of thiophene rings is 1. The SMILES string of the molecule is [C-]#[N+]c1ccc(N2C(=O)N(c3ccc(CNC(=O)c4cccs4)cc3)C(C)(C)C2=O)cc1C. The van der Waals surface area contributed by atoms with Gasteiger partial charge in [0.05, 0.1) is 17.1 Å². The monoisotopic (exact) mass is 458 g/mol. The van der Waals surface area contributed by atoms with Crippen LogP contribution in [0.5, 0.6) is 0 Å². The van der Waals surface area contributed by atoms with Gasteiger partial charge in [0.1, 0.15) is 5.54 Å². The van der Waals surface area contributed by atoms with E-state index in [1.807, 2.05) is 23.6 Å². The highest BCUT2D eigenvalue weighted by Gasteiger charge is 2.52. The zero-order valence-electron chi connectivity index (χ0n) is 18.5. The van der Waals surface area contributed by atoms with Crippen LogP contribution in [0, 0.1) is 13.5 Å². The molecule has 8 heteroatoms. The number of amides is 4. The molecule has 3 aromatic rings.